The molecule has 0 aliphatic rings. The van der Waals surface area contributed by atoms with Gasteiger partial charge in [-0.1, -0.05) is 72.3 Å². The number of hydrogen-bond donors (Lipinski definition) is 0. The van der Waals surface area contributed by atoms with Crippen LogP contribution < -0.4 is 0 Å². The number of sulfonamides is 1. The molecule has 0 amide bonds. The van der Waals surface area contributed by atoms with Gasteiger partial charge in [0.05, 0.1) is 4.90 Å². The van der Waals surface area contributed by atoms with Crippen molar-refractivity contribution in [3.8, 4) is 11.1 Å². The maximum atomic E-state index is 12.2. The molecule has 0 N–H and O–H groups in total. The van der Waals surface area contributed by atoms with Gasteiger partial charge in [0.1, 0.15) is 0 Å². The minimum atomic E-state index is -3.67. The molecule has 0 aliphatic carbocycles. The fourth-order valence-corrected chi connectivity index (χ4v) is 3.16. The van der Waals surface area contributed by atoms with E-state index in [1.165, 1.54) is 6.21 Å². The van der Waals surface area contributed by atoms with E-state index < -0.39 is 10.0 Å². The van der Waals surface area contributed by atoms with E-state index in [-0.39, 0.29) is 4.90 Å². The van der Waals surface area contributed by atoms with Crippen molar-refractivity contribution in [3.63, 3.8) is 0 Å². The van der Waals surface area contributed by atoms with Crippen molar-refractivity contribution in [2.45, 2.75) is 11.8 Å². The summed E-state index contributed by atoms with van der Waals surface area (Å²) in [7, 11) is -3.67. The second-order valence-corrected chi connectivity index (χ2v) is 7.14. The van der Waals surface area contributed by atoms with Gasteiger partial charge in [-0.05, 0) is 35.7 Å². The summed E-state index contributed by atoms with van der Waals surface area (Å²) in [6.45, 7) is 1.91. The van der Waals surface area contributed by atoms with E-state index in [9.17, 15) is 8.42 Å². The largest absolute Gasteiger partial charge is 0.282 e. The fourth-order valence-electron chi connectivity index (χ4n) is 2.29. The Kier molecular flexibility index (Phi) is 4.58. The highest BCUT2D eigenvalue weighted by atomic mass is 32.2. The summed E-state index contributed by atoms with van der Waals surface area (Å²) >= 11 is 0. The molecule has 3 nitrogen and oxygen atoms in total. The molecular weight excluding hydrogens is 318 g/mol. The van der Waals surface area contributed by atoms with Gasteiger partial charge >= 0.3 is 0 Å². The lowest BCUT2D eigenvalue weighted by atomic mass is 10.0. The van der Waals surface area contributed by atoms with Crippen LogP contribution in [0.5, 0.6) is 0 Å². The smallest absolute Gasteiger partial charge is 0.199 e. The number of nitrogens with zero attached hydrogens (tertiary/aromatic N) is 1. The fraction of sp³-hybridized carbons (Fsp3) is 0.0500. The van der Waals surface area contributed by atoms with Crippen LogP contribution in [0.1, 0.15) is 11.1 Å². The van der Waals surface area contributed by atoms with Crippen LogP contribution >= 0.6 is 0 Å². The zero-order chi connectivity index (χ0) is 17.0. The Morgan fingerprint density at radius 2 is 1.33 bits per heavy atom. The predicted octanol–water partition coefficient (Wildman–Crippen LogP) is 4.47. The third-order valence-electron chi connectivity index (χ3n) is 3.68. The Morgan fingerprint density at radius 3 is 1.96 bits per heavy atom. The highest BCUT2D eigenvalue weighted by molar-refractivity contribution is 7.90. The lowest BCUT2D eigenvalue weighted by Crippen LogP contribution is -1.97. The number of hydrogen-bond acceptors (Lipinski definition) is 2. The van der Waals surface area contributed by atoms with Crippen LogP contribution in [-0.2, 0) is 10.0 Å². The minimum Gasteiger partial charge on any atom is -0.199 e. The minimum absolute atomic E-state index is 0.199. The molecule has 3 aromatic rings. The summed E-state index contributed by atoms with van der Waals surface area (Å²) in [6, 6.07) is 24.3. The number of rotatable bonds is 4. The molecule has 0 saturated carbocycles. The topological polar surface area (TPSA) is 46.5 Å². The van der Waals surface area contributed by atoms with Gasteiger partial charge in [-0.25, -0.2) is 0 Å². The molecule has 0 aliphatic heterocycles. The summed E-state index contributed by atoms with van der Waals surface area (Å²) < 4.78 is 28.2. The molecule has 120 valence electrons. The van der Waals surface area contributed by atoms with Gasteiger partial charge in [0, 0.05) is 6.21 Å². The summed E-state index contributed by atoms with van der Waals surface area (Å²) in [4.78, 5) is 0.199. The van der Waals surface area contributed by atoms with Crippen LogP contribution in [0.4, 0.5) is 0 Å². The average molecular weight is 335 g/mol. The first-order chi connectivity index (χ1) is 11.5. The van der Waals surface area contributed by atoms with Crippen LogP contribution in [0, 0.1) is 6.92 Å². The van der Waals surface area contributed by atoms with E-state index in [1.54, 1.807) is 24.3 Å². The third-order valence-corrected chi connectivity index (χ3v) is 4.93. The van der Waals surface area contributed by atoms with Crippen molar-refractivity contribution < 1.29 is 8.42 Å². The zero-order valence-corrected chi connectivity index (χ0v) is 14.1. The van der Waals surface area contributed by atoms with Gasteiger partial charge in [0.2, 0.25) is 0 Å². The highest BCUT2D eigenvalue weighted by Crippen LogP contribution is 2.19. The van der Waals surface area contributed by atoms with Crippen LogP contribution in [0.25, 0.3) is 11.1 Å². The lowest BCUT2D eigenvalue weighted by molar-refractivity contribution is 0.598. The predicted molar refractivity (Wildman–Crippen MR) is 97.8 cm³/mol. The molecule has 0 bridgehead atoms. The molecule has 3 rings (SSSR count). The maximum Gasteiger partial charge on any atom is 0.282 e. The van der Waals surface area contributed by atoms with Gasteiger partial charge in [0.15, 0.2) is 0 Å². The van der Waals surface area contributed by atoms with E-state index in [0.29, 0.717) is 0 Å². The first-order valence-electron chi connectivity index (χ1n) is 7.57. The van der Waals surface area contributed by atoms with E-state index >= 15 is 0 Å². The van der Waals surface area contributed by atoms with E-state index in [2.05, 4.69) is 4.40 Å². The molecule has 0 fully saturated rings. The number of aryl methyl sites for hydroxylation is 1. The Labute approximate surface area is 142 Å². The molecular formula is C20H17NO2S. The molecule has 0 unspecified atom stereocenters. The van der Waals surface area contributed by atoms with E-state index in [1.807, 2.05) is 61.5 Å². The lowest BCUT2D eigenvalue weighted by Gasteiger charge is -2.02. The molecule has 0 saturated heterocycles. The molecule has 24 heavy (non-hydrogen) atoms. The molecule has 4 heteroatoms. The molecule has 0 heterocycles. The SMILES string of the molecule is Cc1ccc(S(=O)(=O)N=Cc2ccc(-c3ccccc3)cc2)cc1. The second-order valence-electron chi connectivity index (χ2n) is 5.51. The van der Waals surface area contributed by atoms with Crippen molar-refractivity contribution in [3.05, 3.63) is 90.0 Å². The molecule has 0 aromatic heterocycles. The van der Waals surface area contributed by atoms with Crippen molar-refractivity contribution in [2.24, 2.45) is 4.40 Å². The van der Waals surface area contributed by atoms with Gasteiger partial charge in [-0.2, -0.15) is 12.8 Å². The monoisotopic (exact) mass is 335 g/mol. The summed E-state index contributed by atoms with van der Waals surface area (Å²) in [5.74, 6) is 0. The van der Waals surface area contributed by atoms with Crippen LogP contribution in [0.3, 0.4) is 0 Å². The average Bonchev–Trinajstić information content (AvgIpc) is 2.62. The van der Waals surface area contributed by atoms with Crippen LogP contribution in [0.2, 0.25) is 0 Å². The quantitative estimate of drug-likeness (QED) is 0.660. The van der Waals surface area contributed by atoms with Crippen molar-refractivity contribution in [2.75, 3.05) is 0 Å². The highest BCUT2D eigenvalue weighted by Gasteiger charge is 2.10. The summed E-state index contributed by atoms with van der Waals surface area (Å²) in [5.41, 5.74) is 3.95. The van der Waals surface area contributed by atoms with Gasteiger partial charge in [-0.3, -0.25) is 0 Å². The van der Waals surface area contributed by atoms with Gasteiger partial charge < -0.3 is 0 Å². The summed E-state index contributed by atoms with van der Waals surface area (Å²) in [6.07, 6.45) is 1.38. The van der Waals surface area contributed by atoms with Gasteiger partial charge in [0.25, 0.3) is 10.0 Å². The first kappa shape index (κ1) is 16.1. The Morgan fingerprint density at radius 1 is 0.750 bits per heavy atom. The molecule has 0 atom stereocenters. The Balaban J connectivity index is 1.80. The van der Waals surface area contributed by atoms with Crippen LogP contribution in [-0.4, -0.2) is 14.6 Å². The van der Waals surface area contributed by atoms with Crippen molar-refractivity contribution in [1.29, 1.82) is 0 Å². The molecule has 0 radical (unpaired) electrons. The number of benzene rings is 3. The second kappa shape index (κ2) is 6.81. The summed E-state index contributed by atoms with van der Waals surface area (Å²) in [5, 5.41) is 0. The molecule has 0 spiro atoms. The van der Waals surface area contributed by atoms with Crippen molar-refractivity contribution in [1.82, 2.24) is 0 Å². The Bertz CT molecular complexity index is 943. The van der Waals surface area contributed by atoms with E-state index in [4.69, 9.17) is 0 Å². The Hall–Kier alpha value is -2.72. The third kappa shape index (κ3) is 3.78. The standard InChI is InChI=1S/C20H17NO2S/c1-16-7-13-20(14-8-16)24(22,23)21-15-17-9-11-19(12-10-17)18-5-3-2-4-6-18/h2-15H,1H3. The van der Waals surface area contributed by atoms with Crippen LogP contribution in [0.15, 0.2) is 88.2 Å². The van der Waals surface area contributed by atoms with E-state index in [0.717, 1.165) is 22.3 Å². The first-order valence-corrected chi connectivity index (χ1v) is 9.01. The zero-order valence-electron chi connectivity index (χ0n) is 13.3. The van der Waals surface area contributed by atoms with Crippen molar-refractivity contribution >= 4 is 16.2 Å². The normalized spacial score (nSPS) is 11.7. The molecule has 3 aromatic carbocycles. The maximum absolute atomic E-state index is 12.2. The van der Waals surface area contributed by atoms with Gasteiger partial charge in [-0.15, -0.1) is 0 Å².